The number of carbonyl (C=O) groups is 2. The summed E-state index contributed by atoms with van der Waals surface area (Å²) in [6, 6.07) is 26.0. The number of sulfonamides is 1. The molecule has 1 unspecified atom stereocenters. The molecule has 47 heavy (non-hydrogen) atoms. The molecule has 0 saturated heterocycles. The average Bonchev–Trinajstić information content (AvgIpc) is 3.60. The van der Waals surface area contributed by atoms with E-state index in [1.54, 1.807) is 24.3 Å². The van der Waals surface area contributed by atoms with E-state index in [0.29, 0.717) is 16.3 Å². The molecule has 4 aromatic carbocycles. The number of hydrogen-bond donors (Lipinski definition) is 1. The molecule has 246 valence electrons. The summed E-state index contributed by atoms with van der Waals surface area (Å²) in [6.45, 7) is -0.662. The third kappa shape index (κ3) is 8.69. The zero-order chi connectivity index (χ0) is 33.4. The van der Waals surface area contributed by atoms with Gasteiger partial charge in [-0.05, 0) is 84.6 Å². The molecular formula is C36H37ClFN3O5S. The molecule has 1 N–H and O–H groups in total. The average molecular weight is 678 g/mol. The quantitative estimate of drug-likeness (QED) is 0.177. The van der Waals surface area contributed by atoms with E-state index in [9.17, 15) is 22.4 Å². The lowest BCUT2D eigenvalue weighted by Crippen LogP contribution is -2.54. The van der Waals surface area contributed by atoms with Crippen molar-refractivity contribution in [2.24, 2.45) is 0 Å². The predicted octanol–water partition coefficient (Wildman–Crippen LogP) is 6.38. The highest BCUT2D eigenvalue weighted by molar-refractivity contribution is 7.92. The molecule has 2 amide bonds. The highest BCUT2D eigenvalue weighted by Gasteiger charge is 2.35. The molecule has 0 radical (unpaired) electrons. The van der Waals surface area contributed by atoms with E-state index in [0.717, 1.165) is 35.6 Å². The van der Waals surface area contributed by atoms with Gasteiger partial charge in [-0.2, -0.15) is 0 Å². The van der Waals surface area contributed by atoms with Gasteiger partial charge in [-0.25, -0.2) is 12.8 Å². The molecule has 0 aliphatic heterocycles. The van der Waals surface area contributed by atoms with Gasteiger partial charge in [-0.3, -0.25) is 13.9 Å². The lowest BCUT2D eigenvalue weighted by Gasteiger charge is -2.34. The molecular weight excluding hydrogens is 641 g/mol. The topological polar surface area (TPSA) is 96.0 Å². The van der Waals surface area contributed by atoms with E-state index in [-0.39, 0.29) is 35.5 Å². The molecule has 0 heterocycles. The Morgan fingerprint density at radius 2 is 1.53 bits per heavy atom. The normalized spacial score (nSPS) is 13.9. The second kappa shape index (κ2) is 15.5. The number of halogens is 2. The fraction of sp³-hybridized carbons (Fsp3) is 0.278. The number of benzene rings is 4. The minimum Gasteiger partial charge on any atom is -0.497 e. The highest BCUT2D eigenvalue weighted by atomic mass is 35.5. The monoisotopic (exact) mass is 677 g/mol. The fourth-order valence-corrected chi connectivity index (χ4v) is 7.26. The van der Waals surface area contributed by atoms with Crippen molar-refractivity contribution >= 4 is 39.1 Å². The molecule has 8 nitrogen and oxygen atoms in total. The number of ether oxygens (including phenoxy) is 1. The van der Waals surface area contributed by atoms with E-state index < -0.39 is 34.3 Å². The predicted molar refractivity (Wildman–Crippen MR) is 180 cm³/mol. The summed E-state index contributed by atoms with van der Waals surface area (Å²) in [7, 11) is -2.81. The number of nitrogens with one attached hydrogen (secondary N) is 1. The summed E-state index contributed by atoms with van der Waals surface area (Å²) in [4.78, 5) is 29.9. The summed E-state index contributed by atoms with van der Waals surface area (Å²) in [5, 5.41) is 3.53. The van der Waals surface area contributed by atoms with Gasteiger partial charge in [0.15, 0.2) is 0 Å². The molecule has 0 spiro atoms. The Labute approximate surface area is 280 Å². The first-order chi connectivity index (χ1) is 22.6. The van der Waals surface area contributed by atoms with Crippen molar-refractivity contribution < 1.29 is 27.1 Å². The second-order valence-corrected chi connectivity index (χ2v) is 13.8. The maximum Gasteiger partial charge on any atom is 0.264 e. The molecule has 1 aliphatic rings. The standard InChI is InChI=1S/C36H37ClFN3O5S/c1-46-32-19-21-33(22-20-32)47(44,45)41(31-17-13-28(37)14-18-31)25-35(42)40(24-27-11-15-29(38)16-12-27)34(23-26-7-3-2-4-8-26)36(43)39-30-9-5-6-10-30/h2-4,7-8,11-22,30,34H,5-6,9-10,23-25H2,1H3,(H,39,43). The molecule has 11 heteroatoms. The SMILES string of the molecule is COc1ccc(S(=O)(=O)N(CC(=O)N(Cc2ccc(F)cc2)C(Cc2ccccc2)C(=O)NC2CCCC2)c2ccc(Cl)cc2)cc1. The first-order valence-corrected chi connectivity index (χ1v) is 17.3. The Morgan fingerprint density at radius 3 is 2.15 bits per heavy atom. The number of rotatable bonds is 13. The lowest BCUT2D eigenvalue weighted by atomic mass is 10.0. The van der Waals surface area contributed by atoms with Crippen molar-refractivity contribution in [2.75, 3.05) is 18.0 Å². The van der Waals surface area contributed by atoms with Crippen LogP contribution in [0.15, 0.2) is 108 Å². The zero-order valence-corrected chi connectivity index (χ0v) is 27.6. The van der Waals surface area contributed by atoms with Crippen LogP contribution >= 0.6 is 11.6 Å². The second-order valence-electron chi connectivity index (χ2n) is 11.5. The molecule has 0 aromatic heterocycles. The molecule has 1 fully saturated rings. The van der Waals surface area contributed by atoms with Gasteiger partial charge in [0, 0.05) is 24.0 Å². The van der Waals surface area contributed by atoms with Crippen LogP contribution in [-0.4, -0.2) is 50.9 Å². The van der Waals surface area contributed by atoms with Crippen molar-refractivity contribution in [1.29, 1.82) is 0 Å². The third-order valence-corrected chi connectivity index (χ3v) is 10.3. The fourth-order valence-electron chi connectivity index (χ4n) is 5.72. The highest BCUT2D eigenvalue weighted by Crippen LogP contribution is 2.28. The van der Waals surface area contributed by atoms with E-state index in [1.807, 2.05) is 30.3 Å². The van der Waals surface area contributed by atoms with Gasteiger partial charge in [0.2, 0.25) is 11.8 Å². The Morgan fingerprint density at radius 1 is 0.894 bits per heavy atom. The summed E-state index contributed by atoms with van der Waals surface area (Å²) in [6.07, 6.45) is 3.90. The summed E-state index contributed by atoms with van der Waals surface area (Å²) < 4.78 is 48.4. The van der Waals surface area contributed by atoms with Crippen LogP contribution in [0.5, 0.6) is 5.75 Å². The van der Waals surface area contributed by atoms with Crippen molar-refractivity contribution in [3.05, 3.63) is 125 Å². The van der Waals surface area contributed by atoms with E-state index in [1.165, 1.54) is 60.5 Å². The van der Waals surface area contributed by atoms with Gasteiger partial charge in [0.25, 0.3) is 10.0 Å². The van der Waals surface area contributed by atoms with E-state index in [4.69, 9.17) is 16.3 Å². The Kier molecular flexibility index (Phi) is 11.2. The maximum atomic E-state index is 14.5. The molecule has 4 aromatic rings. The van der Waals surface area contributed by atoms with Gasteiger partial charge in [0.05, 0.1) is 17.7 Å². The Bertz CT molecular complexity index is 1750. The van der Waals surface area contributed by atoms with Crippen LogP contribution in [0.4, 0.5) is 10.1 Å². The molecule has 1 atom stereocenters. The number of hydrogen-bond acceptors (Lipinski definition) is 5. The molecule has 1 aliphatic carbocycles. The van der Waals surface area contributed by atoms with Gasteiger partial charge >= 0.3 is 0 Å². The van der Waals surface area contributed by atoms with Gasteiger partial charge in [-0.1, -0.05) is 66.9 Å². The number of carbonyl (C=O) groups excluding carboxylic acids is 2. The molecule has 0 bridgehead atoms. The van der Waals surface area contributed by atoms with E-state index >= 15 is 0 Å². The zero-order valence-electron chi connectivity index (χ0n) is 26.0. The van der Waals surface area contributed by atoms with Crippen LogP contribution in [0.1, 0.15) is 36.8 Å². The number of anilines is 1. The maximum absolute atomic E-state index is 14.5. The van der Waals surface area contributed by atoms with Crippen molar-refractivity contribution in [2.45, 2.75) is 55.6 Å². The summed E-state index contributed by atoms with van der Waals surface area (Å²) in [5.41, 5.74) is 1.63. The number of nitrogens with zero attached hydrogens (tertiary/aromatic N) is 2. The van der Waals surface area contributed by atoms with E-state index in [2.05, 4.69) is 5.32 Å². The van der Waals surface area contributed by atoms with Crippen LogP contribution in [0.3, 0.4) is 0 Å². The molecule has 5 rings (SSSR count). The first-order valence-electron chi connectivity index (χ1n) is 15.4. The van der Waals surface area contributed by atoms with Crippen molar-refractivity contribution in [3.63, 3.8) is 0 Å². The van der Waals surface area contributed by atoms with Crippen molar-refractivity contribution in [1.82, 2.24) is 10.2 Å². The minimum atomic E-state index is -4.29. The van der Waals surface area contributed by atoms with Gasteiger partial charge in [0.1, 0.15) is 24.2 Å². The Hall–Kier alpha value is -4.41. The van der Waals surface area contributed by atoms with Crippen LogP contribution < -0.4 is 14.4 Å². The van der Waals surface area contributed by atoms with Crippen molar-refractivity contribution in [3.8, 4) is 5.75 Å². The first kappa shape index (κ1) is 33.9. The largest absolute Gasteiger partial charge is 0.497 e. The summed E-state index contributed by atoms with van der Waals surface area (Å²) >= 11 is 6.13. The number of methoxy groups -OCH3 is 1. The van der Waals surface area contributed by atoms with Crippen LogP contribution in [0, 0.1) is 5.82 Å². The van der Waals surface area contributed by atoms with Crippen LogP contribution in [-0.2, 0) is 32.6 Å². The van der Waals surface area contributed by atoms with Crippen LogP contribution in [0.25, 0.3) is 0 Å². The van der Waals surface area contributed by atoms with Gasteiger partial charge in [-0.15, -0.1) is 0 Å². The number of amides is 2. The lowest BCUT2D eigenvalue weighted by molar-refractivity contribution is -0.140. The smallest absolute Gasteiger partial charge is 0.264 e. The minimum absolute atomic E-state index is 0.00966. The molecule has 1 saturated carbocycles. The Balaban J connectivity index is 1.55. The summed E-state index contributed by atoms with van der Waals surface area (Å²) in [5.74, 6) is -0.900. The van der Waals surface area contributed by atoms with Crippen LogP contribution in [0.2, 0.25) is 5.02 Å². The van der Waals surface area contributed by atoms with Gasteiger partial charge < -0.3 is 15.0 Å². The third-order valence-electron chi connectivity index (χ3n) is 8.28.